The summed E-state index contributed by atoms with van der Waals surface area (Å²) in [6.07, 6.45) is 3.91. The lowest BCUT2D eigenvalue weighted by Crippen LogP contribution is -2.45. The fourth-order valence-electron chi connectivity index (χ4n) is 2.06. The molecule has 1 amide bonds. The molecule has 0 radical (unpaired) electrons. The van der Waals surface area contributed by atoms with Crippen molar-refractivity contribution >= 4 is 11.7 Å². The van der Waals surface area contributed by atoms with Gasteiger partial charge in [-0.05, 0) is 0 Å². The van der Waals surface area contributed by atoms with Crippen LogP contribution in [-0.2, 0) is 24.8 Å². The molecule has 0 aromatic carbocycles. The zero-order valence-electron chi connectivity index (χ0n) is 9.97. The maximum absolute atomic E-state index is 12.1. The van der Waals surface area contributed by atoms with E-state index in [9.17, 15) is 4.79 Å². The molecular formula is C11H14N6O. The van der Waals surface area contributed by atoms with Crippen LogP contribution in [0, 0.1) is 0 Å². The SMILES string of the molecule is Cn1nccc1NC(=O)C1Cc2nc[nH]c2CN1. The number of anilines is 1. The standard InChI is InChI=1S/C11H14N6O/c1-17-10(2-3-15-17)16-11(18)8-4-7-9(5-12-8)14-6-13-7/h2-3,6,8,12H,4-5H2,1H3,(H,13,14)(H,16,18). The Morgan fingerprint density at radius 1 is 1.61 bits per heavy atom. The first-order valence-electron chi connectivity index (χ1n) is 5.77. The highest BCUT2D eigenvalue weighted by Crippen LogP contribution is 2.13. The van der Waals surface area contributed by atoms with E-state index in [1.165, 1.54) is 0 Å². The van der Waals surface area contributed by atoms with E-state index in [1.54, 1.807) is 30.3 Å². The van der Waals surface area contributed by atoms with Crippen LogP contribution < -0.4 is 10.6 Å². The topological polar surface area (TPSA) is 87.6 Å². The van der Waals surface area contributed by atoms with E-state index >= 15 is 0 Å². The predicted octanol–water partition coefficient (Wildman–Crippen LogP) is -0.204. The third kappa shape index (κ3) is 1.88. The monoisotopic (exact) mass is 246 g/mol. The largest absolute Gasteiger partial charge is 0.347 e. The van der Waals surface area contributed by atoms with Gasteiger partial charge in [-0.1, -0.05) is 0 Å². The molecule has 0 fully saturated rings. The van der Waals surface area contributed by atoms with Gasteiger partial charge in [0.25, 0.3) is 0 Å². The summed E-state index contributed by atoms with van der Waals surface area (Å²) in [5.41, 5.74) is 2.01. The fraction of sp³-hybridized carbons (Fsp3) is 0.364. The summed E-state index contributed by atoms with van der Waals surface area (Å²) >= 11 is 0. The fourth-order valence-corrected chi connectivity index (χ4v) is 2.06. The van der Waals surface area contributed by atoms with Crippen molar-refractivity contribution < 1.29 is 4.79 Å². The maximum atomic E-state index is 12.1. The number of hydrogen-bond acceptors (Lipinski definition) is 4. The number of carbonyl (C=O) groups is 1. The molecule has 0 saturated heterocycles. The lowest BCUT2D eigenvalue weighted by molar-refractivity contribution is -0.118. The zero-order valence-corrected chi connectivity index (χ0v) is 9.97. The molecule has 1 aliphatic rings. The van der Waals surface area contributed by atoms with E-state index in [-0.39, 0.29) is 11.9 Å². The summed E-state index contributed by atoms with van der Waals surface area (Å²) in [6.45, 7) is 0.638. The van der Waals surface area contributed by atoms with Crippen molar-refractivity contribution in [2.45, 2.75) is 19.0 Å². The number of fused-ring (bicyclic) bond motifs is 1. The molecular weight excluding hydrogens is 232 g/mol. The summed E-state index contributed by atoms with van der Waals surface area (Å²) in [4.78, 5) is 19.4. The Bertz CT molecular complexity index is 572. The molecule has 1 unspecified atom stereocenters. The number of H-pyrrole nitrogens is 1. The molecule has 3 rings (SSSR count). The minimum atomic E-state index is -0.254. The molecule has 3 heterocycles. The molecule has 1 atom stereocenters. The quantitative estimate of drug-likeness (QED) is 0.684. The van der Waals surface area contributed by atoms with Crippen LogP contribution in [0.1, 0.15) is 11.4 Å². The van der Waals surface area contributed by atoms with Gasteiger partial charge in [-0.25, -0.2) is 4.98 Å². The van der Waals surface area contributed by atoms with Crippen molar-refractivity contribution in [2.24, 2.45) is 7.05 Å². The second-order valence-electron chi connectivity index (χ2n) is 4.29. The Balaban J connectivity index is 1.70. The normalized spacial score (nSPS) is 18.4. The molecule has 3 N–H and O–H groups in total. The Morgan fingerprint density at radius 2 is 2.50 bits per heavy atom. The molecule has 18 heavy (non-hydrogen) atoms. The molecule has 2 aromatic rings. The van der Waals surface area contributed by atoms with Crippen LogP contribution in [0.4, 0.5) is 5.82 Å². The number of nitrogens with zero attached hydrogens (tertiary/aromatic N) is 3. The molecule has 1 aliphatic heterocycles. The third-order valence-electron chi connectivity index (χ3n) is 3.12. The molecule has 0 saturated carbocycles. The van der Waals surface area contributed by atoms with Gasteiger partial charge in [0.2, 0.25) is 5.91 Å². The second kappa shape index (κ2) is 4.26. The van der Waals surface area contributed by atoms with Crippen molar-refractivity contribution in [2.75, 3.05) is 5.32 Å². The van der Waals surface area contributed by atoms with Gasteiger partial charge in [-0.15, -0.1) is 0 Å². The summed E-state index contributed by atoms with van der Waals surface area (Å²) in [5.74, 6) is 0.627. The minimum absolute atomic E-state index is 0.0627. The highest BCUT2D eigenvalue weighted by molar-refractivity contribution is 5.94. The minimum Gasteiger partial charge on any atom is -0.347 e. The molecule has 7 nitrogen and oxygen atoms in total. The average molecular weight is 246 g/mol. The molecule has 2 aromatic heterocycles. The van der Waals surface area contributed by atoms with E-state index in [0.29, 0.717) is 18.8 Å². The Kier molecular flexibility index (Phi) is 2.60. The number of carbonyl (C=O) groups excluding carboxylic acids is 1. The lowest BCUT2D eigenvalue weighted by atomic mass is 10.0. The van der Waals surface area contributed by atoms with Crippen LogP contribution in [0.25, 0.3) is 0 Å². The van der Waals surface area contributed by atoms with E-state index in [1.807, 2.05) is 0 Å². The smallest absolute Gasteiger partial charge is 0.243 e. The van der Waals surface area contributed by atoms with Crippen molar-refractivity contribution in [1.29, 1.82) is 0 Å². The van der Waals surface area contributed by atoms with E-state index in [0.717, 1.165) is 11.4 Å². The van der Waals surface area contributed by atoms with Crippen LogP contribution in [0.2, 0.25) is 0 Å². The summed E-state index contributed by atoms with van der Waals surface area (Å²) < 4.78 is 1.63. The van der Waals surface area contributed by atoms with Gasteiger partial charge in [0, 0.05) is 26.1 Å². The second-order valence-corrected chi connectivity index (χ2v) is 4.29. The van der Waals surface area contributed by atoms with Gasteiger partial charge in [0.05, 0.1) is 30.0 Å². The van der Waals surface area contributed by atoms with Gasteiger partial charge < -0.3 is 10.3 Å². The van der Waals surface area contributed by atoms with Crippen molar-refractivity contribution in [3.05, 3.63) is 30.0 Å². The molecule has 94 valence electrons. The van der Waals surface area contributed by atoms with Gasteiger partial charge in [-0.3, -0.25) is 14.8 Å². The first-order valence-corrected chi connectivity index (χ1v) is 5.77. The number of nitrogens with one attached hydrogen (secondary N) is 3. The molecule has 7 heteroatoms. The first-order chi connectivity index (χ1) is 8.74. The van der Waals surface area contributed by atoms with Crippen LogP contribution in [0.15, 0.2) is 18.6 Å². The number of hydrogen-bond donors (Lipinski definition) is 3. The van der Waals surface area contributed by atoms with E-state index in [4.69, 9.17) is 0 Å². The van der Waals surface area contributed by atoms with Crippen LogP contribution >= 0.6 is 0 Å². The van der Waals surface area contributed by atoms with Gasteiger partial charge >= 0.3 is 0 Å². The van der Waals surface area contributed by atoms with Crippen molar-refractivity contribution in [3.8, 4) is 0 Å². The third-order valence-corrected chi connectivity index (χ3v) is 3.12. The molecule has 0 spiro atoms. The van der Waals surface area contributed by atoms with Crippen molar-refractivity contribution in [1.82, 2.24) is 25.1 Å². The van der Waals surface area contributed by atoms with Crippen LogP contribution in [0.3, 0.4) is 0 Å². The average Bonchev–Trinajstić information content (AvgIpc) is 2.98. The zero-order chi connectivity index (χ0) is 12.5. The number of amides is 1. The van der Waals surface area contributed by atoms with Gasteiger partial charge in [-0.2, -0.15) is 5.10 Å². The number of aromatic amines is 1. The van der Waals surface area contributed by atoms with Gasteiger partial charge in [0.1, 0.15) is 5.82 Å². The summed E-state index contributed by atoms with van der Waals surface area (Å²) in [7, 11) is 1.79. The number of imidazole rings is 1. The lowest BCUT2D eigenvalue weighted by Gasteiger charge is -2.22. The number of aryl methyl sites for hydroxylation is 1. The Morgan fingerprint density at radius 3 is 3.28 bits per heavy atom. The highest BCUT2D eigenvalue weighted by atomic mass is 16.2. The summed E-state index contributed by atoms with van der Waals surface area (Å²) in [5, 5.41) is 10.0. The molecule has 0 bridgehead atoms. The number of aromatic nitrogens is 4. The maximum Gasteiger partial charge on any atom is 0.243 e. The van der Waals surface area contributed by atoms with Gasteiger partial charge in [0.15, 0.2) is 0 Å². The summed E-state index contributed by atoms with van der Waals surface area (Å²) in [6, 6.07) is 1.51. The highest BCUT2D eigenvalue weighted by Gasteiger charge is 2.26. The van der Waals surface area contributed by atoms with Crippen molar-refractivity contribution in [3.63, 3.8) is 0 Å². The van der Waals surface area contributed by atoms with Crippen LogP contribution in [0.5, 0.6) is 0 Å². The number of rotatable bonds is 2. The predicted molar refractivity (Wildman–Crippen MR) is 64.8 cm³/mol. The molecule has 0 aliphatic carbocycles. The van der Waals surface area contributed by atoms with Crippen LogP contribution in [-0.4, -0.2) is 31.7 Å². The van der Waals surface area contributed by atoms with E-state index < -0.39 is 0 Å². The Hall–Kier alpha value is -2.15. The Labute approximate surface area is 104 Å². The first kappa shape index (κ1) is 11.0. The van der Waals surface area contributed by atoms with E-state index in [2.05, 4.69) is 25.7 Å².